The van der Waals surface area contributed by atoms with Crippen LogP contribution >= 0.6 is 0 Å². The quantitative estimate of drug-likeness (QED) is 0.845. The first kappa shape index (κ1) is 11.1. The van der Waals surface area contributed by atoms with Crippen molar-refractivity contribution in [2.75, 3.05) is 20.6 Å². The Morgan fingerprint density at radius 3 is 2.88 bits per heavy atom. The lowest BCUT2D eigenvalue weighted by Crippen LogP contribution is -2.18. The molecule has 0 radical (unpaired) electrons. The average Bonchev–Trinajstić information content (AvgIpc) is 2.60. The molecule has 0 amide bonds. The molecule has 0 spiro atoms. The van der Waals surface area contributed by atoms with Gasteiger partial charge in [0.05, 0.1) is 5.56 Å². The Kier molecular flexibility index (Phi) is 2.97. The topological polar surface area (TPSA) is 40.5 Å². The normalized spacial score (nSPS) is 18.8. The number of nitrogens with zero attached hydrogens (tertiary/aromatic N) is 1. The highest BCUT2D eigenvalue weighted by Crippen LogP contribution is 2.35. The van der Waals surface area contributed by atoms with E-state index in [-0.39, 0.29) is 0 Å². The third-order valence-corrected chi connectivity index (χ3v) is 3.21. The molecule has 1 atom stereocenters. The summed E-state index contributed by atoms with van der Waals surface area (Å²) in [5, 5.41) is 9.11. The van der Waals surface area contributed by atoms with E-state index in [1.807, 2.05) is 6.07 Å². The number of hydrogen-bond acceptors (Lipinski definition) is 2. The highest BCUT2D eigenvalue weighted by Gasteiger charge is 2.26. The number of likely N-dealkylation sites (N-methyl/N-ethyl adjacent to an activating group) is 1. The SMILES string of the molecule is CN(C)CC1CCc2c(C(=O)O)cccc21. The van der Waals surface area contributed by atoms with Gasteiger partial charge in [-0.25, -0.2) is 4.79 Å². The molecular weight excluding hydrogens is 202 g/mol. The van der Waals surface area contributed by atoms with Crippen LogP contribution in [0.25, 0.3) is 0 Å². The molecule has 0 saturated carbocycles. The van der Waals surface area contributed by atoms with Crippen LogP contribution in [0.2, 0.25) is 0 Å². The molecule has 0 heterocycles. The molecule has 1 aromatic carbocycles. The van der Waals surface area contributed by atoms with Crippen molar-refractivity contribution in [2.24, 2.45) is 0 Å². The van der Waals surface area contributed by atoms with Crippen molar-refractivity contribution in [3.05, 3.63) is 34.9 Å². The molecule has 1 aliphatic rings. The van der Waals surface area contributed by atoms with Crippen molar-refractivity contribution in [2.45, 2.75) is 18.8 Å². The third kappa shape index (κ3) is 1.95. The van der Waals surface area contributed by atoms with Crippen molar-refractivity contribution in [1.82, 2.24) is 4.90 Å². The standard InChI is InChI=1S/C13H17NO2/c1-14(2)8-9-6-7-11-10(9)4-3-5-12(11)13(15)16/h3-5,9H,6-8H2,1-2H3,(H,15,16). The molecule has 1 aromatic rings. The minimum Gasteiger partial charge on any atom is -0.478 e. The van der Waals surface area contributed by atoms with E-state index >= 15 is 0 Å². The molecule has 16 heavy (non-hydrogen) atoms. The third-order valence-electron chi connectivity index (χ3n) is 3.21. The molecule has 3 nitrogen and oxygen atoms in total. The van der Waals surface area contributed by atoms with Gasteiger partial charge < -0.3 is 10.0 Å². The Labute approximate surface area is 95.7 Å². The predicted molar refractivity (Wildman–Crippen MR) is 63.0 cm³/mol. The van der Waals surface area contributed by atoms with Crippen LogP contribution in [-0.4, -0.2) is 36.6 Å². The van der Waals surface area contributed by atoms with E-state index in [1.54, 1.807) is 6.07 Å². The predicted octanol–water partition coefficient (Wildman–Crippen LogP) is 1.98. The van der Waals surface area contributed by atoms with E-state index in [1.165, 1.54) is 5.56 Å². The number of carboxylic acid groups (broad SMARTS) is 1. The van der Waals surface area contributed by atoms with Crippen LogP contribution in [0.4, 0.5) is 0 Å². The second-order valence-corrected chi connectivity index (χ2v) is 4.68. The van der Waals surface area contributed by atoms with Crippen molar-refractivity contribution >= 4 is 5.97 Å². The van der Waals surface area contributed by atoms with E-state index in [2.05, 4.69) is 25.1 Å². The highest BCUT2D eigenvalue weighted by atomic mass is 16.4. The van der Waals surface area contributed by atoms with E-state index in [0.29, 0.717) is 11.5 Å². The maximum atomic E-state index is 11.1. The lowest BCUT2D eigenvalue weighted by atomic mass is 9.98. The number of benzene rings is 1. The van der Waals surface area contributed by atoms with Crippen molar-refractivity contribution < 1.29 is 9.90 Å². The molecule has 0 aromatic heterocycles. The van der Waals surface area contributed by atoms with Crippen molar-refractivity contribution in [3.8, 4) is 0 Å². The minimum atomic E-state index is -0.803. The average molecular weight is 219 g/mol. The molecular formula is C13H17NO2. The van der Waals surface area contributed by atoms with Gasteiger partial charge in [0.2, 0.25) is 0 Å². The van der Waals surface area contributed by atoms with Crippen LogP contribution in [0, 0.1) is 0 Å². The fourth-order valence-electron chi connectivity index (χ4n) is 2.57. The number of carbonyl (C=O) groups is 1. The zero-order valence-electron chi connectivity index (χ0n) is 9.73. The molecule has 1 aliphatic carbocycles. The first-order chi connectivity index (χ1) is 7.59. The number of carboxylic acids is 1. The molecule has 86 valence electrons. The van der Waals surface area contributed by atoms with E-state index in [9.17, 15) is 4.79 Å². The van der Waals surface area contributed by atoms with Gasteiger partial charge in [0, 0.05) is 6.54 Å². The second-order valence-electron chi connectivity index (χ2n) is 4.68. The molecule has 2 rings (SSSR count). The minimum absolute atomic E-state index is 0.485. The van der Waals surface area contributed by atoms with Gasteiger partial charge in [-0.3, -0.25) is 0 Å². The Balaban J connectivity index is 2.34. The van der Waals surface area contributed by atoms with E-state index in [4.69, 9.17) is 5.11 Å². The van der Waals surface area contributed by atoms with E-state index < -0.39 is 5.97 Å². The first-order valence-corrected chi connectivity index (χ1v) is 5.59. The van der Waals surface area contributed by atoms with Crippen LogP contribution in [0.1, 0.15) is 33.8 Å². The zero-order valence-corrected chi connectivity index (χ0v) is 9.73. The smallest absolute Gasteiger partial charge is 0.335 e. The van der Waals surface area contributed by atoms with Crippen LogP contribution < -0.4 is 0 Å². The maximum Gasteiger partial charge on any atom is 0.335 e. The summed E-state index contributed by atoms with van der Waals surface area (Å²) in [6.07, 6.45) is 1.97. The van der Waals surface area contributed by atoms with Crippen molar-refractivity contribution in [1.29, 1.82) is 0 Å². The Bertz CT molecular complexity index is 412. The summed E-state index contributed by atoms with van der Waals surface area (Å²) in [6.45, 7) is 0.996. The lowest BCUT2D eigenvalue weighted by molar-refractivity contribution is 0.0696. The van der Waals surface area contributed by atoms with Crippen LogP contribution in [0.3, 0.4) is 0 Å². The van der Waals surface area contributed by atoms with Crippen molar-refractivity contribution in [3.63, 3.8) is 0 Å². The van der Waals surface area contributed by atoms with Gasteiger partial charge >= 0.3 is 5.97 Å². The molecule has 0 fully saturated rings. The van der Waals surface area contributed by atoms with Gasteiger partial charge in [0.1, 0.15) is 0 Å². The molecule has 0 bridgehead atoms. The van der Waals surface area contributed by atoms with Gasteiger partial charge in [0.25, 0.3) is 0 Å². The molecule has 1 N–H and O–H groups in total. The summed E-state index contributed by atoms with van der Waals surface area (Å²) in [7, 11) is 4.11. The van der Waals surface area contributed by atoms with Crippen LogP contribution in [0.15, 0.2) is 18.2 Å². The van der Waals surface area contributed by atoms with Gasteiger partial charge in [-0.2, -0.15) is 0 Å². The zero-order chi connectivity index (χ0) is 11.7. The summed E-state index contributed by atoms with van der Waals surface area (Å²) < 4.78 is 0. The number of rotatable bonds is 3. The van der Waals surface area contributed by atoms with Gasteiger partial charge in [-0.1, -0.05) is 12.1 Å². The Morgan fingerprint density at radius 2 is 2.25 bits per heavy atom. The second kappa shape index (κ2) is 4.26. The monoisotopic (exact) mass is 219 g/mol. The maximum absolute atomic E-state index is 11.1. The van der Waals surface area contributed by atoms with Crippen LogP contribution in [-0.2, 0) is 6.42 Å². The summed E-state index contributed by atoms with van der Waals surface area (Å²) >= 11 is 0. The largest absolute Gasteiger partial charge is 0.478 e. The number of aromatic carboxylic acids is 1. The fraction of sp³-hybridized carbons (Fsp3) is 0.462. The summed E-state index contributed by atoms with van der Waals surface area (Å²) in [4.78, 5) is 13.2. The summed E-state index contributed by atoms with van der Waals surface area (Å²) in [5.41, 5.74) is 2.76. The highest BCUT2D eigenvalue weighted by molar-refractivity contribution is 5.90. The van der Waals surface area contributed by atoms with E-state index in [0.717, 1.165) is 24.9 Å². The van der Waals surface area contributed by atoms with Gasteiger partial charge in [0.15, 0.2) is 0 Å². The molecule has 1 unspecified atom stereocenters. The lowest BCUT2D eigenvalue weighted by Gasteiger charge is -2.17. The summed E-state index contributed by atoms with van der Waals surface area (Å²) in [6, 6.07) is 5.64. The Morgan fingerprint density at radius 1 is 1.50 bits per heavy atom. The summed E-state index contributed by atoms with van der Waals surface area (Å²) in [5.74, 6) is -0.313. The molecule has 3 heteroatoms. The number of fused-ring (bicyclic) bond motifs is 1. The molecule has 0 aliphatic heterocycles. The fourth-order valence-corrected chi connectivity index (χ4v) is 2.57. The Hall–Kier alpha value is -1.35. The number of hydrogen-bond donors (Lipinski definition) is 1. The van der Waals surface area contributed by atoms with Gasteiger partial charge in [-0.15, -0.1) is 0 Å². The first-order valence-electron chi connectivity index (χ1n) is 5.59. The molecule has 0 saturated heterocycles. The van der Waals surface area contributed by atoms with Gasteiger partial charge in [-0.05, 0) is 50.0 Å². The van der Waals surface area contributed by atoms with Crippen LogP contribution in [0.5, 0.6) is 0 Å².